The fourth-order valence-electron chi connectivity index (χ4n) is 1.03. The molecule has 1 aromatic rings. The number of aromatic amines is 1. The predicted octanol–water partition coefficient (Wildman–Crippen LogP) is 1.15. The fraction of sp³-hybridized carbons (Fsp3) is 0.167. The van der Waals surface area contributed by atoms with E-state index >= 15 is 0 Å². The monoisotopic (exact) mass is 288 g/mol. The van der Waals surface area contributed by atoms with Gasteiger partial charge in [-0.15, -0.1) is 0 Å². The van der Waals surface area contributed by atoms with Crippen LogP contribution in [0.1, 0.15) is 12.0 Å². The molecular weight excluding hydrogens is 286 g/mol. The summed E-state index contributed by atoms with van der Waals surface area (Å²) in [4.78, 5) is 21.7. The van der Waals surface area contributed by atoms with Gasteiger partial charge in [-0.3, -0.25) is 14.9 Å². The maximum atomic E-state index is 12.4. The van der Waals surface area contributed by atoms with Crippen LogP contribution in [0.5, 0.6) is 0 Å². The zero-order valence-electron chi connectivity index (χ0n) is 7.69. The fourth-order valence-corrected chi connectivity index (χ4v) is 1.77. The molecule has 1 heterocycles. The number of nitro groups is 1. The van der Waals surface area contributed by atoms with Crippen molar-refractivity contribution in [2.45, 2.75) is 11.5 Å². The molecule has 17 heavy (non-hydrogen) atoms. The average Bonchev–Trinajstić information content (AvgIpc) is 2.13. The number of hydrogen-bond donors (Lipinski definition) is 1. The minimum Gasteiger partial charge on any atom is -0.306 e. The van der Waals surface area contributed by atoms with E-state index in [0.717, 1.165) is 0 Å². The van der Waals surface area contributed by atoms with Crippen LogP contribution in [0.25, 0.3) is 0 Å². The standard InChI is InChI=1S/C6H3ClF2N2O5S/c7-17(15,16)3-1-2(5(8)9)4(11(13)14)6(12)10-3/h1,5H,(H,10,12). The SMILES string of the molecule is O=c1[nH]c(S(=O)(=O)Cl)cc(C(F)F)c1[N+](=O)[O-]. The van der Waals surface area contributed by atoms with Crippen molar-refractivity contribution in [3.05, 3.63) is 32.1 Å². The third-order valence-electron chi connectivity index (χ3n) is 1.69. The molecule has 0 radical (unpaired) electrons. The third kappa shape index (κ3) is 2.77. The largest absolute Gasteiger partial charge is 0.342 e. The van der Waals surface area contributed by atoms with Crippen molar-refractivity contribution in [2.24, 2.45) is 0 Å². The molecule has 0 aromatic carbocycles. The van der Waals surface area contributed by atoms with Gasteiger partial charge in [0.25, 0.3) is 15.5 Å². The molecule has 0 spiro atoms. The van der Waals surface area contributed by atoms with E-state index in [4.69, 9.17) is 10.7 Å². The summed E-state index contributed by atoms with van der Waals surface area (Å²) in [6.45, 7) is 0. The minimum absolute atomic E-state index is 0.256. The van der Waals surface area contributed by atoms with Gasteiger partial charge in [0, 0.05) is 10.7 Å². The predicted molar refractivity (Wildman–Crippen MR) is 51.7 cm³/mol. The number of rotatable bonds is 3. The Morgan fingerprint density at radius 1 is 1.47 bits per heavy atom. The molecule has 0 saturated carbocycles. The normalized spacial score (nSPS) is 11.8. The van der Waals surface area contributed by atoms with Crippen molar-refractivity contribution < 1.29 is 22.1 Å². The summed E-state index contributed by atoms with van der Waals surface area (Å²) in [5, 5.41) is 9.35. The highest BCUT2D eigenvalue weighted by Gasteiger charge is 2.29. The molecule has 0 atom stereocenters. The molecule has 1 rings (SSSR count). The molecule has 0 aliphatic rings. The number of H-pyrrole nitrogens is 1. The van der Waals surface area contributed by atoms with E-state index in [9.17, 15) is 32.1 Å². The summed E-state index contributed by atoms with van der Waals surface area (Å²) in [6.07, 6.45) is -3.38. The van der Waals surface area contributed by atoms with Gasteiger partial charge in [-0.2, -0.15) is 0 Å². The van der Waals surface area contributed by atoms with Gasteiger partial charge in [0.05, 0.1) is 4.92 Å². The van der Waals surface area contributed by atoms with Gasteiger partial charge < -0.3 is 4.98 Å². The van der Waals surface area contributed by atoms with Gasteiger partial charge in [0.1, 0.15) is 5.56 Å². The van der Waals surface area contributed by atoms with Crippen LogP contribution in [0.4, 0.5) is 14.5 Å². The smallest absolute Gasteiger partial charge is 0.306 e. The maximum absolute atomic E-state index is 12.4. The summed E-state index contributed by atoms with van der Waals surface area (Å²) in [6, 6.07) is 0.256. The lowest BCUT2D eigenvalue weighted by Gasteiger charge is -2.02. The van der Waals surface area contributed by atoms with Crippen LogP contribution in [0.2, 0.25) is 0 Å². The Bertz CT molecular complexity index is 626. The zero-order valence-corrected chi connectivity index (χ0v) is 9.26. The van der Waals surface area contributed by atoms with Crippen molar-refractivity contribution >= 4 is 25.4 Å². The van der Waals surface area contributed by atoms with Gasteiger partial charge in [0.2, 0.25) is 0 Å². The van der Waals surface area contributed by atoms with E-state index in [0.29, 0.717) is 0 Å². The number of hydrogen-bond acceptors (Lipinski definition) is 5. The molecular formula is C6H3ClF2N2O5S. The summed E-state index contributed by atoms with van der Waals surface area (Å²) >= 11 is 0. The second-order valence-corrected chi connectivity index (χ2v) is 5.30. The zero-order chi connectivity index (χ0) is 13.4. The molecule has 0 unspecified atom stereocenters. The van der Waals surface area contributed by atoms with E-state index in [1.54, 1.807) is 4.98 Å². The van der Waals surface area contributed by atoms with Crippen LogP contribution in [0.15, 0.2) is 15.9 Å². The van der Waals surface area contributed by atoms with E-state index in [-0.39, 0.29) is 6.07 Å². The van der Waals surface area contributed by atoms with Crippen molar-refractivity contribution in [1.82, 2.24) is 4.98 Å². The Morgan fingerprint density at radius 3 is 2.35 bits per heavy atom. The number of aromatic nitrogens is 1. The molecule has 0 saturated heterocycles. The first-order valence-electron chi connectivity index (χ1n) is 3.79. The van der Waals surface area contributed by atoms with Crippen LogP contribution in [0, 0.1) is 10.1 Å². The molecule has 0 aliphatic heterocycles. The summed E-state index contributed by atoms with van der Waals surface area (Å²) in [5.41, 5.74) is -4.28. The summed E-state index contributed by atoms with van der Waals surface area (Å²) < 4.78 is 46.5. The van der Waals surface area contributed by atoms with Crippen molar-refractivity contribution in [2.75, 3.05) is 0 Å². The van der Waals surface area contributed by atoms with E-state index < -0.39 is 42.2 Å². The second kappa shape index (κ2) is 4.37. The van der Waals surface area contributed by atoms with Crippen molar-refractivity contribution in [3.63, 3.8) is 0 Å². The highest BCUT2D eigenvalue weighted by molar-refractivity contribution is 8.13. The molecule has 0 aliphatic carbocycles. The van der Waals surface area contributed by atoms with Gasteiger partial charge in [0.15, 0.2) is 5.03 Å². The second-order valence-electron chi connectivity index (χ2n) is 2.76. The van der Waals surface area contributed by atoms with Gasteiger partial charge in [-0.1, -0.05) is 0 Å². The Labute approximate surface area is 96.6 Å². The van der Waals surface area contributed by atoms with Crippen LogP contribution in [-0.2, 0) is 9.05 Å². The van der Waals surface area contributed by atoms with Gasteiger partial charge >= 0.3 is 11.2 Å². The topological polar surface area (TPSA) is 110 Å². The van der Waals surface area contributed by atoms with Gasteiger partial charge in [-0.05, 0) is 6.07 Å². The van der Waals surface area contributed by atoms with Crippen molar-refractivity contribution in [1.29, 1.82) is 0 Å². The number of alkyl halides is 2. The number of nitrogens with one attached hydrogen (secondary N) is 1. The Morgan fingerprint density at radius 2 is 2.00 bits per heavy atom. The van der Waals surface area contributed by atoms with Crippen LogP contribution in [0.3, 0.4) is 0 Å². The molecule has 0 bridgehead atoms. The summed E-state index contributed by atoms with van der Waals surface area (Å²) in [5.74, 6) is 0. The van der Waals surface area contributed by atoms with Crippen LogP contribution in [-0.4, -0.2) is 18.3 Å². The number of pyridine rings is 1. The van der Waals surface area contributed by atoms with Crippen molar-refractivity contribution in [3.8, 4) is 0 Å². The molecule has 1 aromatic heterocycles. The molecule has 1 N–H and O–H groups in total. The lowest BCUT2D eigenvalue weighted by Crippen LogP contribution is -2.17. The quantitative estimate of drug-likeness (QED) is 0.509. The molecule has 7 nitrogen and oxygen atoms in total. The molecule has 11 heteroatoms. The Balaban J connectivity index is 3.71. The Hall–Kier alpha value is -1.55. The molecule has 0 amide bonds. The van der Waals surface area contributed by atoms with E-state index in [1.165, 1.54) is 0 Å². The highest BCUT2D eigenvalue weighted by Crippen LogP contribution is 2.27. The van der Waals surface area contributed by atoms with Gasteiger partial charge in [-0.25, -0.2) is 17.2 Å². The lowest BCUT2D eigenvalue weighted by molar-refractivity contribution is -0.387. The maximum Gasteiger partial charge on any atom is 0.342 e. The van der Waals surface area contributed by atoms with E-state index in [2.05, 4.69) is 0 Å². The third-order valence-corrected chi connectivity index (χ3v) is 2.94. The summed E-state index contributed by atoms with van der Waals surface area (Å²) in [7, 11) is 0.363. The first-order chi connectivity index (χ1) is 7.64. The molecule has 94 valence electrons. The first-order valence-corrected chi connectivity index (χ1v) is 6.10. The highest BCUT2D eigenvalue weighted by atomic mass is 35.7. The first kappa shape index (κ1) is 13.5. The van der Waals surface area contributed by atoms with E-state index in [1.807, 2.05) is 0 Å². The van der Waals surface area contributed by atoms with Crippen LogP contribution < -0.4 is 5.56 Å². The molecule has 0 fully saturated rings. The van der Waals surface area contributed by atoms with Crippen LogP contribution >= 0.6 is 10.7 Å². The minimum atomic E-state index is -4.46. The number of halogens is 3. The Kier molecular flexibility index (Phi) is 3.48. The lowest BCUT2D eigenvalue weighted by atomic mass is 10.2. The average molecular weight is 289 g/mol. The number of nitrogens with zero attached hydrogens (tertiary/aromatic N) is 1.